The Balaban J connectivity index is 2.22. The van der Waals surface area contributed by atoms with E-state index < -0.39 is 10.9 Å². The van der Waals surface area contributed by atoms with Crippen molar-refractivity contribution in [3.8, 4) is 0 Å². The topological polar surface area (TPSA) is 58.2 Å². The predicted molar refractivity (Wildman–Crippen MR) is 93.0 cm³/mol. The van der Waals surface area contributed by atoms with Gasteiger partial charge in [0.2, 0.25) is 0 Å². The van der Waals surface area contributed by atoms with Gasteiger partial charge in [0, 0.05) is 17.1 Å². The van der Waals surface area contributed by atoms with Gasteiger partial charge >= 0.3 is 0 Å². The van der Waals surface area contributed by atoms with Crippen LogP contribution in [0.15, 0.2) is 21.7 Å². The van der Waals surface area contributed by atoms with E-state index in [1.165, 1.54) is 0 Å². The van der Waals surface area contributed by atoms with Crippen molar-refractivity contribution in [2.75, 3.05) is 10.6 Å². The first kappa shape index (κ1) is 16.6. The number of hydrogen-bond acceptors (Lipinski definition) is 4. The molecule has 0 aliphatic rings. The third-order valence-corrected chi connectivity index (χ3v) is 3.75. The minimum Gasteiger partial charge on any atom is -0.376 e. The molecule has 4 nitrogen and oxygen atoms in total. The van der Waals surface area contributed by atoms with Gasteiger partial charge in [0.25, 0.3) is 10.9 Å². The highest BCUT2D eigenvalue weighted by Crippen LogP contribution is 2.25. The van der Waals surface area contributed by atoms with Gasteiger partial charge in [-0.05, 0) is 57.4 Å². The SMILES string of the molecule is Cc1cc(C)c(CNc2c(NC(C)(C)C)c(=O)c2=O)c(Cl)c1. The summed E-state index contributed by atoms with van der Waals surface area (Å²) in [5.74, 6) is 0. The normalized spacial score (nSPS) is 11.7. The third kappa shape index (κ3) is 3.33. The number of anilines is 2. The van der Waals surface area contributed by atoms with Gasteiger partial charge in [-0.3, -0.25) is 9.59 Å². The molecule has 0 fully saturated rings. The third-order valence-electron chi connectivity index (χ3n) is 3.42. The maximum Gasteiger partial charge on any atom is 0.253 e. The Bertz CT molecular complexity index is 758. The quantitative estimate of drug-likeness (QED) is 0.848. The Hall–Kier alpha value is -1.81. The Kier molecular flexibility index (Phi) is 4.34. The molecule has 0 saturated carbocycles. The molecule has 2 rings (SSSR count). The summed E-state index contributed by atoms with van der Waals surface area (Å²) in [6.45, 7) is 10.2. The number of benzene rings is 1. The first-order chi connectivity index (χ1) is 10.1. The summed E-state index contributed by atoms with van der Waals surface area (Å²) in [6, 6.07) is 3.93. The fourth-order valence-electron chi connectivity index (χ4n) is 2.40. The average Bonchev–Trinajstić information content (AvgIpc) is 2.38. The van der Waals surface area contributed by atoms with Gasteiger partial charge in [-0.25, -0.2) is 0 Å². The summed E-state index contributed by atoms with van der Waals surface area (Å²) >= 11 is 6.26. The van der Waals surface area contributed by atoms with E-state index in [1.807, 2.05) is 46.8 Å². The molecule has 2 N–H and O–H groups in total. The number of nitrogens with one attached hydrogen (secondary N) is 2. The number of halogens is 1. The summed E-state index contributed by atoms with van der Waals surface area (Å²) in [5, 5.41) is 6.79. The molecule has 0 spiro atoms. The predicted octanol–water partition coefficient (Wildman–Crippen LogP) is 3.38. The first-order valence-electron chi connectivity index (χ1n) is 7.21. The van der Waals surface area contributed by atoms with Crippen molar-refractivity contribution in [1.29, 1.82) is 0 Å². The molecular weight excluding hydrogens is 300 g/mol. The fourth-order valence-corrected chi connectivity index (χ4v) is 2.79. The van der Waals surface area contributed by atoms with Crippen LogP contribution in [-0.2, 0) is 6.54 Å². The van der Waals surface area contributed by atoms with Gasteiger partial charge in [-0.1, -0.05) is 17.7 Å². The standard InChI is InChI=1S/C17H21ClN2O2/c1-9-6-10(2)11(12(18)7-9)8-19-13-14(16(22)15(13)21)20-17(3,4)5/h6-7,19-20H,8H2,1-5H3. The first-order valence-corrected chi connectivity index (χ1v) is 7.59. The monoisotopic (exact) mass is 320 g/mol. The van der Waals surface area contributed by atoms with E-state index in [1.54, 1.807) is 0 Å². The molecular formula is C17H21ClN2O2. The highest BCUT2D eigenvalue weighted by Gasteiger charge is 2.24. The minimum absolute atomic E-state index is 0.282. The maximum absolute atomic E-state index is 11.8. The smallest absolute Gasteiger partial charge is 0.253 e. The van der Waals surface area contributed by atoms with Crippen molar-refractivity contribution in [2.24, 2.45) is 0 Å². The molecule has 0 atom stereocenters. The van der Waals surface area contributed by atoms with Gasteiger partial charge in [-0.2, -0.15) is 0 Å². The van der Waals surface area contributed by atoms with E-state index >= 15 is 0 Å². The van der Waals surface area contributed by atoms with E-state index in [0.717, 1.165) is 16.7 Å². The van der Waals surface area contributed by atoms with Crippen molar-refractivity contribution < 1.29 is 0 Å². The molecule has 0 bridgehead atoms. The van der Waals surface area contributed by atoms with Crippen molar-refractivity contribution in [3.05, 3.63) is 54.3 Å². The fraction of sp³-hybridized carbons (Fsp3) is 0.412. The van der Waals surface area contributed by atoms with Crippen LogP contribution in [0.4, 0.5) is 11.4 Å². The Morgan fingerprint density at radius 3 is 2.18 bits per heavy atom. The number of aryl methyl sites for hydroxylation is 2. The summed E-state index contributed by atoms with van der Waals surface area (Å²) in [4.78, 5) is 23.5. The van der Waals surface area contributed by atoms with E-state index in [2.05, 4.69) is 10.6 Å². The number of rotatable bonds is 4. The van der Waals surface area contributed by atoms with Crippen molar-refractivity contribution in [3.63, 3.8) is 0 Å². The second kappa shape index (κ2) is 5.76. The molecule has 0 saturated heterocycles. The highest BCUT2D eigenvalue weighted by atomic mass is 35.5. The van der Waals surface area contributed by atoms with Crippen molar-refractivity contribution in [1.82, 2.24) is 0 Å². The summed E-state index contributed by atoms with van der Waals surface area (Å²) in [5.41, 5.74) is 2.56. The largest absolute Gasteiger partial charge is 0.376 e. The molecule has 0 aromatic heterocycles. The minimum atomic E-state index is -0.479. The van der Waals surface area contributed by atoms with Crippen molar-refractivity contribution >= 4 is 23.0 Å². The maximum atomic E-state index is 11.8. The molecule has 0 aliphatic carbocycles. The van der Waals surface area contributed by atoms with Crippen molar-refractivity contribution in [2.45, 2.75) is 46.7 Å². The zero-order chi connectivity index (χ0) is 16.7. The molecule has 22 heavy (non-hydrogen) atoms. The highest BCUT2D eigenvalue weighted by molar-refractivity contribution is 6.31. The van der Waals surface area contributed by atoms with Crippen LogP contribution in [0.2, 0.25) is 5.02 Å². The molecule has 2 aromatic carbocycles. The van der Waals surface area contributed by atoms with Crippen LogP contribution in [0, 0.1) is 13.8 Å². The molecule has 0 radical (unpaired) electrons. The molecule has 0 amide bonds. The van der Waals surface area contributed by atoms with E-state index in [0.29, 0.717) is 22.9 Å². The van der Waals surface area contributed by atoms with Crippen LogP contribution < -0.4 is 21.5 Å². The zero-order valence-corrected chi connectivity index (χ0v) is 14.3. The summed E-state index contributed by atoms with van der Waals surface area (Å²) < 4.78 is 0. The Labute approximate surface area is 135 Å². The van der Waals surface area contributed by atoms with Gasteiger partial charge in [0.05, 0.1) is 0 Å². The van der Waals surface area contributed by atoms with Crippen LogP contribution in [0.25, 0.3) is 0 Å². The number of hydrogen-bond donors (Lipinski definition) is 2. The van der Waals surface area contributed by atoms with Gasteiger partial charge in [0.1, 0.15) is 11.4 Å². The second-order valence-electron chi connectivity index (χ2n) is 6.68. The van der Waals surface area contributed by atoms with Crippen LogP contribution >= 0.6 is 11.6 Å². The lowest BCUT2D eigenvalue weighted by Gasteiger charge is -2.25. The van der Waals surface area contributed by atoms with Crippen LogP contribution in [0.3, 0.4) is 0 Å². The second-order valence-corrected chi connectivity index (χ2v) is 7.09. The molecule has 2 aromatic rings. The Morgan fingerprint density at radius 2 is 1.64 bits per heavy atom. The molecule has 0 heterocycles. The van der Waals surface area contributed by atoms with Crippen LogP contribution in [0.5, 0.6) is 0 Å². The van der Waals surface area contributed by atoms with Gasteiger partial charge < -0.3 is 10.6 Å². The van der Waals surface area contributed by atoms with Gasteiger partial charge in [-0.15, -0.1) is 0 Å². The summed E-state index contributed by atoms with van der Waals surface area (Å²) in [6.07, 6.45) is 0. The lowest BCUT2D eigenvalue weighted by molar-refractivity contribution is 0.632. The lowest BCUT2D eigenvalue weighted by atomic mass is 10.0. The molecule has 5 heteroatoms. The van der Waals surface area contributed by atoms with E-state index in [4.69, 9.17) is 11.6 Å². The lowest BCUT2D eigenvalue weighted by Crippen LogP contribution is -2.41. The van der Waals surface area contributed by atoms with E-state index in [-0.39, 0.29) is 5.54 Å². The zero-order valence-electron chi connectivity index (χ0n) is 13.6. The molecule has 0 unspecified atom stereocenters. The molecule has 0 aliphatic heterocycles. The van der Waals surface area contributed by atoms with Crippen LogP contribution in [-0.4, -0.2) is 5.54 Å². The van der Waals surface area contributed by atoms with Gasteiger partial charge in [0.15, 0.2) is 0 Å². The average molecular weight is 321 g/mol. The molecule has 118 valence electrons. The summed E-state index contributed by atoms with van der Waals surface area (Å²) in [7, 11) is 0. The Morgan fingerprint density at radius 1 is 1.05 bits per heavy atom. The van der Waals surface area contributed by atoms with Crippen LogP contribution in [0.1, 0.15) is 37.5 Å². The van der Waals surface area contributed by atoms with E-state index in [9.17, 15) is 9.59 Å².